The molecule has 0 spiro atoms. The number of fused-ring (bicyclic) bond motifs is 1. The number of aliphatic imine (C=N–C) groups is 4. The third-order valence-electron chi connectivity index (χ3n) is 2.76. The summed E-state index contributed by atoms with van der Waals surface area (Å²) >= 11 is 1.80. The molecule has 1 unspecified atom stereocenters. The first-order valence-corrected chi connectivity index (χ1v) is 7.22. The van der Waals surface area contributed by atoms with Crippen LogP contribution in [0.1, 0.15) is 39.0 Å². The van der Waals surface area contributed by atoms with Crippen molar-refractivity contribution < 1.29 is 0 Å². The van der Waals surface area contributed by atoms with Gasteiger partial charge in [0.1, 0.15) is 17.7 Å². The highest BCUT2D eigenvalue weighted by molar-refractivity contribution is 8.14. The Morgan fingerprint density at radius 1 is 1.12 bits per heavy atom. The van der Waals surface area contributed by atoms with Gasteiger partial charge in [-0.2, -0.15) is 0 Å². The fourth-order valence-electron chi connectivity index (χ4n) is 1.79. The van der Waals surface area contributed by atoms with Crippen molar-refractivity contribution in [1.82, 2.24) is 0 Å². The fourth-order valence-corrected chi connectivity index (χ4v) is 2.79. The van der Waals surface area contributed by atoms with Crippen molar-refractivity contribution in [3.05, 3.63) is 0 Å². The summed E-state index contributed by atoms with van der Waals surface area (Å²) in [5, 5.41) is 1.04. The summed E-state index contributed by atoms with van der Waals surface area (Å²) in [4.78, 5) is 16.8. The van der Waals surface area contributed by atoms with Crippen LogP contribution in [0, 0.1) is 0 Å². The van der Waals surface area contributed by atoms with Crippen molar-refractivity contribution in [2.75, 3.05) is 5.75 Å². The predicted octanol–water partition coefficient (Wildman–Crippen LogP) is 2.94. The maximum Gasteiger partial charge on any atom is 0.163 e. The monoisotopic (exact) mass is 250 g/mol. The third-order valence-corrected chi connectivity index (χ3v) is 3.87. The number of hydrogen-bond acceptors (Lipinski definition) is 5. The van der Waals surface area contributed by atoms with Gasteiger partial charge in [-0.15, -0.1) is 11.8 Å². The van der Waals surface area contributed by atoms with Gasteiger partial charge < -0.3 is 0 Å². The van der Waals surface area contributed by atoms with E-state index in [-0.39, 0.29) is 6.04 Å². The maximum atomic E-state index is 4.30. The smallest absolute Gasteiger partial charge is 0.163 e. The molecule has 0 amide bonds. The van der Waals surface area contributed by atoms with Gasteiger partial charge in [-0.25, -0.2) is 15.0 Å². The van der Waals surface area contributed by atoms with E-state index < -0.39 is 0 Å². The first-order valence-electron chi connectivity index (χ1n) is 6.24. The quantitative estimate of drug-likeness (QED) is 0.669. The van der Waals surface area contributed by atoms with Crippen molar-refractivity contribution in [3.63, 3.8) is 0 Å². The van der Waals surface area contributed by atoms with Gasteiger partial charge in [-0.05, 0) is 12.2 Å². The summed E-state index contributed by atoms with van der Waals surface area (Å²) in [5.74, 6) is 1.91. The van der Waals surface area contributed by atoms with Gasteiger partial charge in [-0.1, -0.05) is 32.6 Å². The molecule has 0 N–H and O–H groups in total. The zero-order valence-electron chi connectivity index (χ0n) is 10.2. The molecule has 17 heavy (non-hydrogen) atoms. The van der Waals surface area contributed by atoms with Gasteiger partial charge in [0.05, 0.1) is 0 Å². The lowest BCUT2D eigenvalue weighted by molar-refractivity contribution is 0.659. The summed E-state index contributed by atoms with van der Waals surface area (Å²) in [6.45, 7) is 2.24. The topological polar surface area (TPSA) is 49.4 Å². The Labute approximate surface area is 106 Å². The number of nitrogens with zero attached hydrogens (tertiary/aromatic N) is 4. The van der Waals surface area contributed by atoms with Crippen LogP contribution in [-0.4, -0.2) is 35.4 Å². The SMILES string of the molecule is CCCCCCCSC1=NC=NC2=NC=NC21. The molecule has 1 atom stereocenters. The van der Waals surface area contributed by atoms with Crippen molar-refractivity contribution in [3.8, 4) is 0 Å². The van der Waals surface area contributed by atoms with E-state index in [1.807, 2.05) is 0 Å². The summed E-state index contributed by atoms with van der Waals surface area (Å²) in [7, 11) is 0. The minimum Gasteiger partial charge on any atom is -0.255 e. The summed E-state index contributed by atoms with van der Waals surface area (Å²) in [6.07, 6.45) is 9.73. The predicted molar refractivity (Wildman–Crippen MR) is 76.9 cm³/mol. The minimum absolute atomic E-state index is 0.0133. The maximum absolute atomic E-state index is 4.30. The summed E-state index contributed by atoms with van der Waals surface area (Å²) in [6, 6.07) is -0.0133. The van der Waals surface area contributed by atoms with E-state index in [1.165, 1.54) is 32.1 Å². The first-order chi connectivity index (χ1) is 8.42. The second kappa shape index (κ2) is 6.69. The van der Waals surface area contributed by atoms with Gasteiger partial charge in [0.2, 0.25) is 0 Å². The standard InChI is InChI=1S/C12H18N4S/c1-2-3-4-5-6-7-17-12-10-11(14-8-13-10)15-9-16-12/h8-10H,2-7H2,1H3. The molecule has 0 aliphatic carbocycles. The average Bonchev–Trinajstić information content (AvgIpc) is 2.82. The van der Waals surface area contributed by atoms with Crippen LogP contribution in [-0.2, 0) is 0 Å². The van der Waals surface area contributed by atoms with Crippen LogP contribution in [0.25, 0.3) is 0 Å². The van der Waals surface area contributed by atoms with Gasteiger partial charge in [0.25, 0.3) is 0 Å². The number of rotatable bonds is 6. The Morgan fingerprint density at radius 2 is 2.00 bits per heavy atom. The minimum atomic E-state index is -0.0133. The van der Waals surface area contributed by atoms with Gasteiger partial charge in [-0.3, -0.25) is 4.99 Å². The molecule has 0 fully saturated rings. The van der Waals surface area contributed by atoms with Crippen LogP contribution in [0.2, 0.25) is 0 Å². The zero-order valence-corrected chi connectivity index (χ0v) is 11.0. The van der Waals surface area contributed by atoms with Gasteiger partial charge in [0, 0.05) is 0 Å². The first kappa shape index (κ1) is 12.5. The molecule has 0 aromatic carbocycles. The lowest BCUT2D eigenvalue weighted by Gasteiger charge is -2.13. The molecule has 0 bridgehead atoms. The molecule has 2 heterocycles. The number of thioether (sulfide) groups is 1. The number of amidine groups is 1. The Bertz CT molecular complexity index is 371. The lowest BCUT2D eigenvalue weighted by Crippen LogP contribution is -2.25. The van der Waals surface area contributed by atoms with Crippen LogP contribution < -0.4 is 0 Å². The van der Waals surface area contributed by atoms with Crippen LogP contribution in [0.5, 0.6) is 0 Å². The molecule has 92 valence electrons. The molecule has 5 heteroatoms. The van der Waals surface area contributed by atoms with E-state index in [2.05, 4.69) is 26.9 Å². The van der Waals surface area contributed by atoms with Crippen LogP contribution in [0.3, 0.4) is 0 Å². The third kappa shape index (κ3) is 3.49. The largest absolute Gasteiger partial charge is 0.255 e. The number of hydrogen-bond donors (Lipinski definition) is 0. The van der Waals surface area contributed by atoms with E-state index in [0.29, 0.717) is 0 Å². The van der Waals surface area contributed by atoms with E-state index in [9.17, 15) is 0 Å². The number of unbranched alkanes of at least 4 members (excludes halogenated alkanes) is 4. The van der Waals surface area contributed by atoms with Crippen LogP contribution in [0.4, 0.5) is 0 Å². The molecule has 2 aliphatic heterocycles. The van der Waals surface area contributed by atoms with Crippen molar-refractivity contribution in [2.24, 2.45) is 20.0 Å². The highest BCUT2D eigenvalue weighted by Gasteiger charge is 2.25. The second-order valence-electron chi connectivity index (χ2n) is 4.13. The normalized spacial score (nSPS) is 21.4. The highest BCUT2D eigenvalue weighted by atomic mass is 32.2. The van der Waals surface area contributed by atoms with E-state index in [4.69, 9.17) is 0 Å². The molecular formula is C12H18N4S. The van der Waals surface area contributed by atoms with E-state index in [0.717, 1.165) is 16.6 Å². The van der Waals surface area contributed by atoms with E-state index >= 15 is 0 Å². The Morgan fingerprint density at radius 3 is 2.88 bits per heavy atom. The fraction of sp³-hybridized carbons (Fsp3) is 0.667. The van der Waals surface area contributed by atoms with Crippen molar-refractivity contribution in [1.29, 1.82) is 0 Å². The molecule has 0 saturated heterocycles. The molecular weight excluding hydrogens is 232 g/mol. The zero-order chi connectivity index (χ0) is 11.9. The molecule has 2 rings (SSSR count). The van der Waals surface area contributed by atoms with Crippen molar-refractivity contribution >= 4 is 35.3 Å². The molecule has 0 radical (unpaired) electrons. The molecule has 0 aromatic rings. The summed E-state index contributed by atoms with van der Waals surface area (Å²) in [5.41, 5.74) is 0. The molecule has 0 saturated carbocycles. The molecule has 0 aromatic heterocycles. The molecule has 4 nitrogen and oxygen atoms in total. The highest BCUT2D eigenvalue weighted by Crippen LogP contribution is 2.19. The van der Waals surface area contributed by atoms with Crippen LogP contribution in [0.15, 0.2) is 20.0 Å². The van der Waals surface area contributed by atoms with E-state index in [1.54, 1.807) is 24.4 Å². The van der Waals surface area contributed by atoms with Crippen LogP contribution >= 0.6 is 11.8 Å². The Kier molecular flexibility index (Phi) is 4.91. The lowest BCUT2D eigenvalue weighted by atomic mass is 10.2. The summed E-state index contributed by atoms with van der Waals surface area (Å²) < 4.78 is 0. The second-order valence-corrected chi connectivity index (χ2v) is 5.24. The van der Waals surface area contributed by atoms with Gasteiger partial charge >= 0.3 is 0 Å². The van der Waals surface area contributed by atoms with Gasteiger partial charge in [0.15, 0.2) is 11.9 Å². The Balaban J connectivity index is 1.69. The average molecular weight is 250 g/mol. The Hall–Kier alpha value is -0.970. The molecule has 2 aliphatic rings. The van der Waals surface area contributed by atoms with Crippen molar-refractivity contribution in [2.45, 2.75) is 45.1 Å².